The molecule has 0 bridgehead atoms. The lowest BCUT2D eigenvalue weighted by atomic mass is 10.1. The largest absolute Gasteiger partial charge is 0.469 e. The molecule has 4 aromatic rings. The minimum absolute atomic E-state index is 0.411. The van der Waals surface area contributed by atoms with Crippen LogP contribution in [0, 0.1) is 6.92 Å². The molecule has 0 saturated heterocycles. The number of rotatable bonds is 6. The van der Waals surface area contributed by atoms with Crippen molar-refractivity contribution in [2.75, 3.05) is 11.5 Å². The van der Waals surface area contributed by atoms with E-state index < -0.39 is 0 Å². The Bertz CT molecular complexity index is 1070. The van der Waals surface area contributed by atoms with Gasteiger partial charge in [0.1, 0.15) is 11.6 Å². The fraction of sp³-hybridized carbons (Fsp3) is 0.250. The number of nitrogens with zero attached hydrogens (tertiary/aromatic N) is 4. The van der Waals surface area contributed by atoms with Crippen molar-refractivity contribution in [2.45, 2.75) is 24.9 Å². The third kappa shape index (κ3) is 3.55. The number of anilines is 1. The molecular formula is C20H21N5OS. The van der Waals surface area contributed by atoms with Crippen LogP contribution in [0.3, 0.4) is 0 Å². The summed E-state index contributed by atoms with van der Waals surface area (Å²) in [6.07, 6.45) is 3.76. The van der Waals surface area contributed by atoms with Crippen LogP contribution in [0.15, 0.2) is 52.2 Å². The molecule has 2 N–H and O–H groups in total. The quantitative estimate of drug-likeness (QED) is 0.306. The van der Waals surface area contributed by atoms with Crippen LogP contribution in [0.4, 0.5) is 5.82 Å². The topological polar surface area (TPSA) is 82.8 Å². The Balaban J connectivity index is 1.53. The van der Waals surface area contributed by atoms with Gasteiger partial charge in [-0.1, -0.05) is 42.1 Å². The first-order chi connectivity index (χ1) is 13.1. The smallest absolute Gasteiger partial charge is 0.191 e. The van der Waals surface area contributed by atoms with E-state index in [0.29, 0.717) is 16.5 Å². The highest BCUT2D eigenvalue weighted by atomic mass is 32.2. The van der Waals surface area contributed by atoms with Crippen molar-refractivity contribution < 1.29 is 4.42 Å². The third-order valence-corrected chi connectivity index (χ3v) is 5.44. The van der Waals surface area contributed by atoms with Gasteiger partial charge in [0.05, 0.1) is 11.8 Å². The summed E-state index contributed by atoms with van der Waals surface area (Å²) in [6.45, 7) is 1.91. The van der Waals surface area contributed by atoms with E-state index in [1.54, 1.807) is 18.0 Å². The minimum Gasteiger partial charge on any atom is -0.469 e. The monoisotopic (exact) mass is 379 g/mol. The zero-order valence-corrected chi connectivity index (χ0v) is 16.2. The Morgan fingerprint density at radius 3 is 2.67 bits per heavy atom. The molecule has 4 rings (SSSR count). The molecule has 0 aliphatic carbocycles. The van der Waals surface area contributed by atoms with Crippen LogP contribution in [0.5, 0.6) is 0 Å². The lowest BCUT2D eigenvalue weighted by Crippen LogP contribution is -1.99. The Labute approximate surface area is 161 Å². The van der Waals surface area contributed by atoms with E-state index in [1.165, 1.54) is 5.56 Å². The first kappa shape index (κ1) is 17.6. The van der Waals surface area contributed by atoms with Crippen LogP contribution < -0.4 is 5.73 Å². The summed E-state index contributed by atoms with van der Waals surface area (Å²) < 4.78 is 7.34. The van der Waals surface area contributed by atoms with Gasteiger partial charge in [-0.15, -0.1) is 0 Å². The first-order valence-electron chi connectivity index (χ1n) is 8.84. The zero-order valence-electron chi connectivity index (χ0n) is 15.3. The van der Waals surface area contributed by atoms with Crippen LogP contribution in [0.1, 0.15) is 17.7 Å². The molecule has 0 fully saturated rings. The maximum absolute atomic E-state index is 6.16. The van der Waals surface area contributed by atoms with Gasteiger partial charge >= 0.3 is 0 Å². The predicted octanol–water partition coefficient (Wildman–Crippen LogP) is 4.24. The third-order valence-electron chi connectivity index (χ3n) is 4.51. The van der Waals surface area contributed by atoms with Crippen molar-refractivity contribution >= 4 is 28.7 Å². The number of furan rings is 1. The lowest BCUT2D eigenvalue weighted by Gasteiger charge is -2.04. The van der Waals surface area contributed by atoms with E-state index in [2.05, 4.69) is 39.2 Å². The normalized spacial score (nSPS) is 11.3. The second-order valence-corrected chi connectivity index (χ2v) is 7.45. The summed E-state index contributed by atoms with van der Waals surface area (Å²) >= 11 is 1.63. The number of nitrogens with two attached hydrogens (primary N) is 1. The Morgan fingerprint density at radius 1 is 1.11 bits per heavy atom. The molecule has 7 heteroatoms. The van der Waals surface area contributed by atoms with Gasteiger partial charge in [0.15, 0.2) is 22.1 Å². The van der Waals surface area contributed by atoms with Gasteiger partial charge in [0.25, 0.3) is 0 Å². The highest BCUT2D eigenvalue weighted by Gasteiger charge is 2.18. The number of fused-ring (bicyclic) bond motifs is 1. The van der Waals surface area contributed by atoms with Gasteiger partial charge in [0.2, 0.25) is 0 Å². The molecule has 3 aromatic heterocycles. The number of aromatic nitrogens is 4. The van der Waals surface area contributed by atoms with Crippen LogP contribution in [-0.2, 0) is 13.5 Å². The molecule has 0 aliphatic rings. The van der Waals surface area contributed by atoms with Gasteiger partial charge in [-0.3, -0.25) is 0 Å². The number of nitrogen functional groups attached to an aromatic ring is 1. The minimum atomic E-state index is 0.411. The Morgan fingerprint density at radius 2 is 1.93 bits per heavy atom. The van der Waals surface area contributed by atoms with Gasteiger partial charge in [-0.25, -0.2) is 15.0 Å². The lowest BCUT2D eigenvalue weighted by molar-refractivity contribution is 0.535. The molecule has 6 nitrogen and oxygen atoms in total. The second-order valence-electron chi connectivity index (χ2n) is 6.39. The van der Waals surface area contributed by atoms with Crippen LogP contribution in [0.25, 0.3) is 22.6 Å². The number of hydrogen-bond donors (Lipinski definition) is 1. The van der Waals surface area contributed by atoms with E-state index in [9.17, 15) is 0 Å². The molecule has 0 radical (unpaired) electrons. The predicted molar refractivity (Wildman–Crippen MR) is 109 cm³/mol. The molecule has 3 heterocycles. The Kier molecular flexibility index (Phi) is 4.85. The van der Waals surface area contributed by atoms with Gasteiger partial charge in [0, 0.05) is 12.8 Å². The van der Waals surface area contributed by atoms with E-state index in [1.807, 2.05) is 30.7 Å². The Hall–Kier alpha value is -2.80. The molecule has 0 saturated carbocycles. The first-order valence-corrected chi connectivity index (χ1v) is 9.83. The van der Waals surface area contributed by atoms with Crippen molar-refractivity contribution in [3.05, 3.63) is 54.0 Å². The van der Waals surface area contributed by atoms with Crippen molar-refractivity contribution in [2.24, 2.45) is 7.05 Å². The van der Waals surface area contributed by atoms with Crippen LogP contribution in [-0.4, -0.2) is 25.3 Å². The number of thioether (sulfide) groups is 1. The fourth-order valence-corrected chi connectivity index (χ4v) is 3.85. The average Bonchev–Trinajstić information content (AvgIpc) is 3.23. The molecule has 0 unspecified atom stereocenters. The highest BCUT2D eigenvalue weighted by Crippen LogP contribution is 2.29. The number of aryl methyl sites for hydroxylation is 3. The van der Waals surface area contributed by atoms with Gasteiger partial charge in [-0.2, -0.15) is 0 Å². The maximum Gasteiger partial charge on any atom is 0.191 e. The van der Waals surface area contributed by atoms with Crippen LogP contribution in [0.2, 0.25) is 0 Å². The van der Waals surface area contributed by atoms with E-state index in [-0.39, 0.29) is 0 Å². The van der Waals surface area contributed by atoms with E-state index in [4.69, 9.17) is 10.2 Å². The van der Waals surface area contributed by atoms with Crippen molar-refractivity contribution in [1.82, 2.24) is 19.5 Å². The zero-order chi connectivity index (χ0) is 18.8. The van der Waals surface area contributed by atoms with E-state index >= 15 is 0 Å². The average molecular weight is 379 g/mol. The molecule has 0 spiro atoms. The van der Waals surface area contributed by atoms with E-state index in [0.717, 1.165) is 41.4 Å². The van der Waals surface area contributed by atoms with Crippen molar-refractivity contribution in [3.8, 4) is 11.4 Å². The summed E-state index contributed by atoms with van der Waals surface area (Å²) in [4.78, 5) is 13.8. The second kappa shape index (κ2) is 7.44. The molecule has 1 aromatic carbocycles. The van der Waals surface area contributed by atoms with Crippen molar-refractivity contribution in [1.29, 1.82) is 0 Å². The summed E-state index contributed by atoms with van der Waals surface area (Å²) in [6, 6.07) is 12.4. The maximum atomic E-state index is 6.16. The molecule has 0 aliphatic heterocycles. The standard InChI is InChI=1S/C20H21N5OS/c1-13-15(10-11-26-13)18-22-16-17(21)23-20(24-19(16)25(18)2)27-12-6-9-14-7-4-3-5-8-14/h3-5,7-8,10-11H,6,9,12H2,1-2H3,(H2,21,23,24). The SMILES string of the molecule is Cc1occc1-c1nc2c(N)nc(SCCCc3ccccc3)nc2n1C. The van der Waals surface area contributed by atoms with Crippen molar-refractivity contribution in [3.63, 3.8) is 0 Å². The van der Waals surface area contributed by atoms with Gasteiger partial charge < -0.3 is 14.7 Å². The number of benzene rings is 1. The summed E-state index contributed by atoms with van der Waals surface area (Å²) in [7, 11) is 1.94. The summed E-state index contributed by atoms with van der Waals surface area (Å²) in [5.74, 6) is 2.94. The number of hydrogen-bond acceptors (Lipinski definition) is 6. The van der Waals surface area contributed by atoms with Crippen LogP contribution >= 0.6 is 11.8 Å². The molecule has 0 amide bonds. The number of imidazole rings is 1. The van der Waals surface area contributed by atoms with Gasteiger partial charge in [-0.05, 0) is 31.4 Å². The molecule has 27 heavy (non-hydrogen) atoms. The highest BCUT2D eigenvalue weighted by molar-refractivity contribution is 7.99. The molecule has 138 valence electrons. The summed E-state index contributed by atoms with van der Waals surface area (Å²) in [5.41, 5.74) is 9.81. The fourth-order valence-electron chi connectivity index (χ4n) is 3.07. The summed E-state index contributed by atoms with van der Waals surface area (Å²) in [5, 5.41) is 0.687. The molecular weight excluding hydrogens is 358 g/mol. The molecule has 0 atom stereocenters.